The van der Waals surface area contributed by atoms with Gasteiger partial charge in [0.15, 0.2) is 0 Å². The van der Waals surface area contributed by atoms with Crippen molar-refractivity contribution in [2.45, 2.75) is 77.9 Å². The van der Waals surface area contributed by atoms with Crippen LogP contribution in [-0.4, -0.2) is 34.3 Å². The quantitative estimate of drug-likeness (QED) is 0.862. The highest BCUT2D eigenvalue weighted by molar-refractivity contribution is 5.99. The maximum atomic E-state index is 12.8. The molecule has 0 radical (unpaired) electrons. The monoisotopic (exact) mass is 280 g/mol. The summed E-state index contributed by atoms with van der Waals surface area (Å²) in [5, 5.41) is 2.88. The molecule has 0 bridgehead atoms. The van der Waals surface area contributed by atoms with E-state index < -0.39 is 5.54 Å². The topological polar surface area (TPSA) is 49.4 Å². The van der Waals surface area contributed by atoms with Crippen molar-refractivity contribution in [1.82, 2.24) is 10.2 Å². The number of hydrogen-bond donors (Lipinski definition) is 1. The molecule has 2 rings (SSSR count). The highest BCUT2D eigenvalue weighted by atomic mass is 16.2. The minimum atomic E-state index is -0.782. The summed E-state index contributed by atoms with van der Waals surface area (Å²) < 4.78 is 0. The zero-order chi connectivity index (χ0) is 15.1. The SMILES string of the molecule is CC(C)C1C(=O)NC(C)(C)C(=O)N1C(C)C1CCCC1. The largest absolute Gasteiger partial charge is 0.340 e. The van der Waals surface area contributed by atoms with Gasteiger partial charge in [0.05, 0.1) is 0 Å². The predicted octanol–water partition coefficient (Wildman–Crippen LogP) is 2.33. The predicted molar refractivity (Wildman–Crippen MR) is 79.1 cm³/mol. The second-order valence-electron chi connectivity index (χ2n) is 7.30. The van der Waals surface area contributed by atoms with Gasteiger partial charge in [0.25, 0.3) is 0 Å². The third-order valence-corrected chi connectivity index (χ3v) is 4.93. The average Bonchev–Trinajstić information content (AvgIpc) is 2.85. The molecule has 2 fully saturated rings. The van der Waals surface area contributed by atoms with Crippen LogP contribution in [0.3, 0.4) is 0 Å². The van der Waals surface area contributed by atoms with Crippen molar-refractivity contribution in [2.75, 3.05) is 0 Å². The number of nitrogens with zero attached hydrogens (tertiary/aromatic N) is 1. The summed E-state index contributed by atoms with van der Waals surface area (Å²) in [6, 6.07) is -0.172. The molecule has 2 atom stereocenters. The minimum absolute atomic E-state index is 0.00514. The van der Waals surface area contributed by atoms with Gasteiger partial charge in [-0.3, -0.25) is 9.59 Å². The fraction of sp³-hybridized carbons (Fsp3) is 0.875. The number of amides is 2. The van der Waals surface area contributed by atoms with E-state index in [4.69, 9.17) is 0 Å². The number of rotatable bonds is 3. The van der Waals surface area contributed by atoms with Crippen molar-refractivity contribution in [3.63, 3.8) is 0 Å². The van der Waals surface area contributed by atoms with Gasteiger partial charge in [-0.05, 0) is 45.4 Å². The molecule has 2 amide bonds. The maximum absolute atomic E-state index is 12.8. The van der Waals surface area contributed by atoms with Crippen molar-refractivity contribution >= 4 is 11.8 Å². The van der Waals surface area contributed by atoms with Crippen molar-refractivity contribution in [3.05, 3.63) is 0 Å². The van der Waals surface area contributed by atoms with E-state index in [1.165, 1.54) is 25.7 Å². The van der Waals surface area contributed by atoms with Crippen LogP contribution in [0.15, 0.2) is 0 Å². The van der Waals surface area contributed by atoms with Gasteiger partial charge in [0.2, 0.25) is 11.8 Å². The van der Waals surface area contributed by atoms with E-state index in [-0.39, 0.29) is 29.8 Å². The van der Waals surface area contributed by atoms with Crippen molar-refractivity contribution in [3.8, 4) is 0 Å². The highest BCUT2D eigenvalue weighted by Crippen LogP contribution is 2.34. The summed E-state index contributed by atoms with van der Waals surface area (Å²) in [6.45, 7) is 9.77. The molecule has 1 heterocycles. The second kappa shape index (κ2) is 5.38. The van der Waals surface area contributed by atoms with Crippen LogP contribution in [0.5, 0.6) is 0 Å². The van der Waals surface area contributed by atoms with E-state index in [1.807, 2.05) is 18.7 Å². The van der Waals surface area contributed by atoms with Gasteiger partial charge in [-0.15, -0.1) is 0 Å². The second-order valence-corrected chi connectivity index (χ2v) is 7.30. The van der Waals surface area contributed by atoms with Crippen LogP contribution in [0.4, 0.5) is 0 Å². The lowest BCUT2D eigenvalue weighted by Gasteiger charge is -2.48. The molecule has 114 valence electrons. The fourth-order valence-electron chi connectivity index (χ4n) is 3.74. The van der Waals surface area contributed by atoms with Crippen molar-refractivity contribution < 1.29 is 9.59 Å². The van der Waals surface area contributed by atoms with Gasteiger partial charge in [0, 0.05) is 6.04 Å². The minimum Gasteiger partial charge on any atom is -0.340 e. The lowest BCUT2D eigenvalue weighted by molar-refractivity contribution is -0.159. The lowest BCUT2D eigenvalue weighted by atomic mass is 9.87. The van der Waals surface area contributed by atoms with Crippen LogP contribution in [0.25, 0.3) is 0 Å². The van der Waals surface area contributed by atoms with Crippen LogP contribution in [0, 0.1) is 11.8 Å². The Balaban J connectivity index is 2.31. The molecule has 4 heteroatoms. The van der Waals surface area contributed by atoms with E-state index in [2.05, 4.69) is 12.2 Å². The molecule has 2 aliphatic rings. The van der Waals surface area contributed by atoms with Crippen LogP contribution in [-0.2, 0) is 9.59 Å². The fourth-order valence-corrected chi connectivity index (χ4v) is 3.74. The number of nitrogens with one attached hydrogen (secondary N) is 1. The zero-order valence-corrected chi connectivity index (χ0v) is 13.4. The van der Waals surface area contributed by atoms with Crippen LogP contribution in [0.2, 0.25) is 0 Å². The molecule has 1 saturated carbocycles. The Morgan fingerprint density at radius 3 is 2.20 bits per heavy atom. The van der Waals surface area contributed by atoms with E-state index >= 15 is 0 Å². The summed E-state index contributed by atoms with van der Waals surface area (Å²) in [5.74, 6) is 0.741. The number of hydrogen-bond acceptors (Lipinski definition) is 2. The van der Waals surface area contributed by atoms with Gasteiger partial charge >= 0.3 is 0 Å². The summed E-state index contributed by atoms with van der Waals surface area (Å²) >= 11 is 0. The van der Waals surface area contributed by atoms with E-state index in [9.17, 15) is 9.59 Å². The van der Waals surface area contributed by atoms with Crippen LogP contribution in [0.1, 0.15) is 60.3 Å². The van der Waals surface area contributed by atoms with Crippen LogP contribution < -0.4 is 5.32 Å². The molecule has 1 N–H and O–H groups in total. The number of piperazine rings is 1. The van der Waals surface area contributed by atoms with E-state index in [0.29, 0.717) is 5.92 Å². The van der Waals surface area contributed by atoms with E-state index in [0.717, 1.165) is 0 Å². The first-order valence-corrected chi connectivity index (χ1v) is 7.90. The highest BCUT2D eigenvalue weighted by Gasteiger charge is 2.49. The Labute approximate surface area is 122 Å². The molecule has 1 aliphatic heterocycles. The number of carbonyl (C=O) groups is 2. The van der Waals surface area contributed by atoms with Crippen molar-refractivity contribution in [1.29, 1.82) is 0 Å². The summed E-state index contributed by atoms with van der Waals surface area (Å²) in [5.41, 5.74) is -0.782. The first-order valence-electron chi connectivity index (χ1n) is 7.90. The smallest absolute Gasteiger partial charge is 0.248 e. The summed E-state index contributed by atoms with van der Waals surface area (Å²) in [6.07, 6.45) is 4.85. The normalized spacial score (nSPS) is 28.9. The summed E-state index contributed by atoms with van der Waals surface area (Å²) in [7, 11) is 0. The summed E-state index contributed by atoms with van der Waals surface area (Å²) in [4.78, 5) is 27.1. The van der Waals surface area contributed by atoms with Gasteiger partial charge in [-0.2, -0.15) is 0 Å². The average molecular weight is 280 g/mol. The molecule has 0 aromatic rings. The van der Waals surface area contributed by atoms with Crippen LogP contribution >= 0.6 is 0 Å². The Kier molecular flexibility index (Phi) is 4.12. The Morgan fingerprint density at radius 1 is 1.15 bits per heavy atom. The Morgan fingerprint density at radius 2 is 1.70 bits per heavy atom. The molecule has 0 spiro atoms. The van der Waals surface area contributed by atoms with Crippen molar-refractivity contribution in [2.24, 2.45) is 11.8 Å². The van der Waals surface area contributed by atoms with Gasteiger partial charge in [-0.25, -0.2) is 0 Å². The first kappa shape index (κ1) is 15.3. The molecule has 0 aromatic heterocycles. The molecule has 1 saturated heterocycles. The third kappa shape index (κ3) is 2.57. The Bertz CT molecular complexity index is 397. The lowest BCUT2D eigenvalue weighted by Crippen LogP contribution is -2.71. The molecular formula is C16H28N2O2. The number of carbonyl (C=O) groups excluding carboxylic acids is 2. The molecule has 20 heavy (non-hydrogen) atoms. The van der Waals surface area contributed by atoms with Gasteiger partial charge in [-0.1, -0.05) is 26.7 Å². The zero-order valence-electron chi connectivity index (χ0n) is 13.4. The molecule has 0 aromatic carbocycles. The maximum Gasteiger partial charge on any atom is 0.248 e. The third-order valence-electron chi connectivity index (χ3n) is 4.93. The Hall–Kier alpha value is -1.06. The van der Waals surface area contributed by atoms with E-state index in [1.54, 1.807) is 13.8 Å². The first-order chi connectivity index (χ1) is 9.25. The van der Waals surface area contributed by atoms with Gasteiger partial charge < -0.3 is 10.2 Å². The van der Waals surface area contributed by atoms with Gasteiger partial charge in [0.1, 0.15) is 11.6 Å². The molecule has 4 nitrogen and oxygen atoms in total. The molecule has 1 aliphatic carbocycles. The molecular weight excluding hydrogens is 252 g/mol. The standard InChI is InChI=1S/C16H28N2O2/c1-10(2)13-14(19)17-16(4,5)15(20)18(13)11(3)12-8-6-7-9-12/h10-13H,6-9H2,1-5H3,(H,17,19). The molecule has 2 unspecified atom stereocenters.